The van der Waals surface area contributed by atoms with Crippen molar-refractivity contribution in [3.05, 3.63) is 102 Å². The number of hydrogen-bond donors (Lipinski definition) is 1. The van der Waals surface area contributed by atoms with E-state index in [1.54, 1.807) is 30.3 Å². The molecule has 3 rings (SSSR count). The molecule has 1 N–H and O–H groups in total. The number of carbonyl (C=O) groups excluding carboxylic acids is 3. The molecule has 1 amide bonds. The second-order valence-electron chi connectivity index (χ2n) is 6.71. The van der Waals surface area contributed by atoms with Crippen LogP contribution >= 0.6 is 0 Å². The van der Waals surface area contributed by atoms with Crippen molar-refractivity contribution in [2.45, 2.75) is 18.9 Å². The number of rotatable bonds is 8. The van der Waals surface area contributed by atoms with Crippen LogP contribution in [0.25, 0.3) is 0 Å². The summed E-state index contributed by atoms with van der Waals surface area (Å²) in [6.45, 7) is 0. The predicted molar refractivity (Wildman–Crippen MR) is 110 cm³/mol. The first-order valence-corrected chi connectivity index (χ1v) is 9.52. The Kier molecular flexibility index (Phi) is 7.22. The minimum absolute atomic E-state index is 0.147. The standard InChI is InChI=1S/C24H19F2NO4/c25-18-8-6-16(7-9-18)21(28)14-15-22(29)31-23(17-4-2-1-3-5-17)24(30)27-20-12-10-19(26)11-13-20/h1-13,23H,14-15H2,(H,27,30). The number of Topliss-reactive ketones (excluding diaryl/α,β-unsaturated/α-hetero) is 1. The van der Waals surface area contributed by atoms with E-state index in [4.69, 9.17) is 4.74 Å². The van der Waals surface area contributed by atoms with Crippen LogP contribution in [0.1, 0.15) is 34.9 Å². The van der Waals surface area contributed by atoms with Crippen molar-refractivity contribution in [1.29, 1.82) is 0 Å². The molecule has 0 heterocycles. The van der Waals surface area contributed by atoms with Crippen molar-refractivity contribution in [1.82, 2.24) is 0 Å². The normalized spacial score (nSPS) is 11.4. The average molecular weight is 423 g/mol. The summed E-state index contributed by atoms with van der Waals surface area (Å²) in [4.78, 5) is 37.3. The maximum Gasteiger partial charge on any atom is 0.307 e. The monoisotopic (exact) mass is 423 g/mol. The van der Waals surface area contributed by atoms with Crippen LogP contribution in [0.2, 0.25) is 0 Å². The van der Waals surface area contributed by atoms with Gasteiger partial charge in [0, 0.05) is 23.2 Å². The van der Waals surface area contributed by atoms with Gasteiger partial charge in [0.2, 0.25) is 6.10 Å². The molecule has 0 aromatic heterocycles. The number of halogens is 2. The third-order valence-corrected chi connectivity index (χ3v) is 4.42. The number of amides is 1. The molecule has 0 fully saturated rings. The highest BCUT2D eigenvalue weighted by Crippen LogP contribution is 2.21. The number of nitrogens with one attached hydrogen (secondary N) is 1. The average Bonchev–Trinajstić information content (AvgIpc) is 2.78. The molecule has 0 bridgehead atoms. The van der Waals surface area contributed by atoms with Crippen LogP contribution in [0.15, 0.2) is 78.9 Å². The molecule has 0 saturated heterocycles. The molecular weight excluding hydrogens is 404 g/mol. The number of hydrogen-bond acceptors (Lipinski definition) is 4. The van der Waals surface area contributed by atoms with Crippen molar-refractivity contribution in [3.8, 4) is 0 Å². The Morgan fingerprint density at radius 2 is 1.35 bits per heavy atom. The smallest absolute Gasteiger partial charge is 0.307 e. The Bertz CT molecular complexity index is 1050. The molecule has 158 valence electrons. The van der Waals surface area contributed by atoms with Gasteiger partial charge in [-0.1, -0.05) is 30.3 Å². The molecular formula is C24H19F2NO4. The molecule has 0 aliphatic carbocycles. The fourth-order valence-corrected chi connectivity index (χ4v) is 2.83. The van der Waals surface area contributed by atoms with Crippen LogP contribution < -0.4 is 5.32 Å². The van der Waals surface area contributed by atoms with Gasteiger partial charge in [-0.25, -0.2) is 8.78 Å². The minimum Gasteiger partial charge on any atom is -0.447 e. The molecule has 5 nitrogen and oxygen atoms in total. The van der Waals surface area contributed by atoms with Gasteiger partial charge in [-0.2, -0.15) is 0 Å². The number of ether oxygens (including phenoxy) is 1. The Labute approximate surface area is 177 Å². The predicted octanol–water partition coefficient (Wildman–Crippen LogP) is 4.85. The van der Waals surface area contributed by atoms with Crippen molar-refractivity contribution in [2.75, 3.05) is 5.32 Å². The summed E-state index contributed by atoms with van der Waals surface area (Å²) in [5.41, 5.74) is 1.07. The third-order valence-electron chi connectivity index (χ3n) is 4.42. The Morgan fingerprint density at radius 3 is 1.97 bits per heavy atom. The summed E-state index contributed by atoms with van der Waals surface area (Å²) in [6.07, 6.45) is -1.64. The van der Waals surface area contributed by atoms with Gasteiger partial charge in [0.15, 0.2) is 5.78 Å². The third kappa shape index (κ3) is 6.30. The number of esters is 1. The lowest BCUT2D eigenvalue weighted by atomic mass is 10.1. The molecule has 7 heteroatoms. The maximum absolute atomic E-state index is 13.1. The van der Waals surface area contributed by atoms with Gasteiger partial charge >= 0.3 is 5.97 Å². The molecule has 0 spiro atoms. The molecule has 0 radical (unpaired) electrons. The van der Waals surface area contributed by atoms with Gasteiger partial charge in [0.25, 0.3) is 5.91 Å². The molecule has 3 aromatic carbocycles. The fourth-order valence-electron chi connectivity index (χ4n) is 2.83. The van der Waals surface area contributed by atoms with Crippen LogP contribution in [0.5, 0.6) is 0 Å². The summed E-state index contributed by atoms with van der Waals surface area (Å²) in [6, 6.07) is 18.6. The van der Waals surface area contributed by atoms with Crippen molar-refractivity contribution < 1.29 is 27.9 Å². The van der Waals surface area contributed by atoms with E-state index in [2.05, 4.69) is 5.32 Å². The second kappa shape index (κ2) is 10.2. The van der Waals surface area contributed by atoms with Crippen molar-refractivity contribution in [2.24, 2.45) is 0 Å². The summed E-state index contributed by atoms with van der Waals surface area (Å²) < 4.78 is 31.4. The van der Waals surface area contributed by atoms with Gasteiger partial charge in [0.05, 0.1) is 6.42 Å². The van der Waals surface area contributed by atoms with Crippen molar-refractivity contribution >= 4 is 23.3 Å². The lowest BCUT2D eigenvalue weighted by Crippen LogP contribution is -2.26. The van der Waals surface area contributed by atoms with Crippen LogP contribution in [-0.2, 0) is 14.3 Å². The first kappa shape index (κ1) is 21.8. The Balaban J connectivity index is 1.65. The van der Waals surface area contributed by atoms with Crippen LogP contribution in [0, 0.1) is 11.6 Å². The summed E-state index contributed by atoms with van der Waals surface area (Å²) in [7, 11) is 0. The fraction of sp³-hybridized carbons (Fsp3) is 0.125. The van der Waals surface area contributed by atoms with E-state index in [0.717, 1.165) is 12.1 Å². The number of benzene rings is 3. The van der Waals surface area contributed by atoms with Gasteiger partial charge < -0.3 is 10.1 Å². The highest BCUT2D eigenvalue weighted by atomic mass is 19.1. The zero-order chi connectivity index (χ0) is 22.2. The van der Waals surface area contributed by atoms with E-state index in [0.29, 0.717) is 11.3 Å². The molecule has 31 heavy (non-hydrogen) atoms. The number of anilines is 1. The topological polar surface area (TPSA) is 72.5 Å². The van der Waals surface area contributed by atoms with E-state index in [9.17, 15) is 23.2 Å². The van der Waals surface area contributed by atoms with Gasteiger partial charge in [-0.15, -0.1) is 0 Å². The van der Waals surface area contributed by atoms with Crippen LogP contribution in [0.4, 0.5) is 14.5 Å². The zero-order valence-corrected chi connectivity index (χ0v) is 16.4. The molecule has 3 aromatic rings. The lowest BCUT2D eigenvalue weighted by Gasteiger charge is -2.18. The van der Waals surface area contributed by atoms with E-state index < -0.39 is 29.6 Å². The summed E-state index contributed by atoms with van der Waals surface area (Å²) in [5.74, 6) is -2.61. The zero-order valence-electron chi connectivity index (χ0n) is 16.4. The number of carbonyl (C=O) groups is 3. The van der Waals surface area contributed by atoms with Gasteiger partial charge in [-0.05, 0) is 48.5 Å². The molecule has 0 saturated carbocycles. The quantitative estimate of drug-likeness (QED) is 0.415. The van der Waals surface area contributed by atoms with Crippen LogP contribution in [-0.4, -0.2) is 17.7 Å². The number of ketones is 1. The van der Waals surface area contributed by atoms with Crippen LogP contribution in [0.3, 0.4) is 0 Å². The highest BCUT2D eigenvalue weighted by Gasteiger charge is 2.25. The first-order valence-electron chi connectivity index (χ1n) is 9.52. The largest absolute Gasteiger partial charge is 0.447 e. The minimum atomic E-state index is -1.25. The molecule has 0 aliphatic rings. The molecule has 1 unspecified atom stereocenters. The summed E-state index contributed by atoms with van der Waals surface area (Å²) in [5, 5.41) is 2.58. The lowest BCUT2D eigenvalue weighted by molar-refractivity contribution is -0.154. The van der Waals surface area contributed by atoms with E-state index >= 15 is 0 Å². The van der Waals surface area contributed by atoms with E-state index in [1.807, 2.05) is 0 Å². The van der Waals surface area contributed by atoms with Gasteiger partial charge in [0.1, 0.15) is 11.6 Å². The van der Waals surface area contributed by atoms with E-state index in [1.165, 1.54) is 36.4 Å². The SMILES string of the molecule is O=C(CCC(=O)c1ccc(F)cc1)OC(C(=O)Nc1ccc(F)cc1)c1ccccc1. The maximum atomic E-state index is 13.1. The first-order chi connectivity index (χ1) is 14.9. The Morgan fingerprint density at radius 1 is 0.774 bits per heavy atom. The highest BCUT2D eigenvalue weighted by molar-refractivity contribution is 5.98. The van der Waals surface area contributed by atoms with Crippen molar-refractivity contribution in [3.63, 3.8) is 0 Å². The van der Waals surface area contributed by atoms with Gasteiger partial charge in [-0.3, -0.25) is 14.4 Å². The summed E-state index contributed by atoms with van der Waals surface area (Å²) >= 11 is 0. The Hall–Kier alpha value is -3.87. The second-order valence-corrected chi connectivity index (χ2v) is 6.71. The molecule has 0 aliphatic heterocycles. The van der Waals surface area contributed by atoms with E-state index in [-0.39, 0.29) is 24.2 Å². The molecule has 1 atom stereocenters.